The molecule has 1 heterocycles. The quantitative estimate of drug-likeness (QED) is 0.366. The summed E-state index contributed by atoms with van der Waals surface area (Å²) in [6.07, 6.45) is 0. The normalized spacial score (nSPS) is 12.1. The predicted octanol–water partition coefficient (Wildman–Crippen LogP) is 4.25. The minimum absolute atomic E-state index is 0.0142. The molecule has 0 bridgehead atoms. The number of thioether (sulfide) groups is 1. The number of anilines is 1. The van der Waals surface area contributed by atoms with Gasteiger partial charge in [0.25, 0.3) is 11.1 Å². The molecule has 1 aliphatic carbocycles. The summed E-state index contributed by atoms with van der Waals surface area (Å²) in [4.78, 5) is 38.1. The number of rotatable bonds is 6. The van der Waals surface area contributed by atoms with Crippen molar-refractivity contribution in [3.8, 4) is 17.2 Å². The van der Waals surface area contributed by atoms with Crippen LogP contribution in [0.1, 0.15) is 31.8 Å². The summed E-state index contributed by atoms with van der Waals surface area (Å²) in [5.41, 5.74) is 2.42. The Morgan fingerprint density at radius 3 is 2.26 bits per heavy atom. The number of amides is 1. The second-order valence-corrected chi connectivity index (χ2v) is 8.30. The van der Waals surface area contributed by atoms with Crippen LogP contribution < -0.4 is 10.1 Å². The monoisotopic (exact) mass is 471 g/mol. The number of ether oxygens (including phenoxy) is 1. The van der Waals surface area contributed by atoms with Crippen molar-refractivity contribution in [3.05, 3.63) is 89.0 Å². The molecule has 4 aromatic rings. The van der Waals surface area contributed by atoms with Crippen LogP contribution >= 0.6 is 11.8 Å². The SMILES string of the molecule is COc1ccccc1-c1nnc(SCC(=O)Nc2ccc3c(c2)C(=O)c2ccccc2C3=O)o1. The molecule has 1 N–H and O–H groups in total. The summed E-state index contributed by atoms with van der Waals surface area (Å²) in [7, 11) is 1.55. The number of benzene rings is 3. The van der Waals surface area contributed by atoms with Crippen molar-refractivity contribution in [1.82, 2.24) is 10.2 Å². The van der Waals surface area contributed by atoms with Gasteiger partial charge in [0.15, 0.2) is 11.6 Å². The van der Waals surface area contributed by atoms with E-state index in [1.807, 2.05) is 12.1 Å². The van der Waals surface area contributed by atoms with Crippen LogP contribution in [0.3, 0.4) is 0 Å². The molecule has 0 spiro atoms. The van der Waals surface area contributed by atoms with Crippen molar-refractivity contribution in [1.29, 1.82) is 0 Å². The molecule has 0 atom stereocenters. The third kappa shape index (κ3) is 3.97. The predicted molar refractivity (Wildman–Crippen MR) is 125 cm³/mol. The summed E-state index contributed by atoms with van der Waals surface area (Å²) in [6, 6.07) is 18.7. The molecule has 0 aliphatic heterocycles. The van der Waals surface area contributed by atoms with Gasteiger partial charge in [-0.2, -0.15) is 0 Å². The second-order valence-electron chi connectivity index (χ2n) is 7.37. The van der Waals surface area contributed by atoms with Gasteiger partial charge >= 0.3 is 0 Å². The lowest BCUT2D eigenvalue weighted by Crippen LogP contribution is -2.21. The van der Waals surface area contributed by atoms with Crippen LogP contribution in [0.15, 0.2) is 76.4 Å². The molecular formula is C25H17N3O5S. The van der Waals surface area contributed by atoms with Crippen LogP contribution in [0.2, 0.25) is 0 Å². The lowest BCUT2D eigenvalue weighted by Gasteiger charge is -2.18. The van der Waals surface area contributed by atoms with E-state index in [1.165, 1.54) is 6.07 Å². The lowest BCUT2D eigenvalue weighted by atomic mass is 9.84. The van der Waals surface area contributed by atoms with Gasteiger partial charge in [-0.15, -0.1) is 10.2 Å². The third-order valence-corrected chi connectivity index (χ3v) is 6.10. The fourth-order valence-electron chi connectivity index (χ4n) is 3.70. The molecule has 1 amide bonds. The molecule has 168 valence electrons. The highest BCUT2D eigenvalue weighted by molar-refractivity contribution is 7.99. The fraction of sp³-hybridized carbons (Fsp3) is 0.0800. The van der Waals surface area contributed by atoms with E-state index in [0.717, 1.165) is 11.8 Å². The molecule has 1 aromatic heterocycles. The average Bonchev–Trinajstić information content (AvgIpc) is 3.35. The number of hydrogen-bond acceptors (Lipinski definition) is 8. The zero-order valence-electron chi connectivity index (χ0n) is 17.9. The lowest BCUT2D eigenvalue weighted by molar-refractivity contribution is -0.113. The van der Waals surface area contributed by atoms with Crippen molar-refractivity contribution in [2.45, 2.75) is 5.22 Å². The van der Waals surface area contributed by atoms with Gasteiger partial charge in [0.05, 0.1) is 18.4 Å². The summed E-state index contributed by atoms with van der Waals surface area (Å²) >= 11 is 1.08. The number of nitrogens with zero attached hydrogens (tertiary/aromatic N) is 2. The van der Waals surface area contributed by atoms with Crippen LogP contribution in [0.25, 0.3) is 11.5 Å². The van der Waals surface area contributed by atoms with Gasteiger partial charge in [0.1, 0.15) is 5.75 Å². The maximum atomic E-state index is 12.9. The Kier molecular flexibility index (Phi) is 5.69. The van der Waals surface area contributed by atoms with Crippen LogP contribution in [0, 0.1) is 0 Å². The number of nitrogens with one attached hydrogen (secondary N) is 1. The first kappa shape index (κ1) is 21.6. The number of para-hydroxylation sites is 1. The average molecular weight is 471 g/mol. The summed E-state index contributed by atoms with van der Waals surface area (Å²) in [6.45, 7) is 0. The molecule has 3 aromatic carbocycles. The van der Waals surface area contributed by atoms with Gasteiger partial charge < -0.3 is 14.5 Å². The van der Waals surface area contributed by atoms with Gasteiger partial charge in [-0.1, -0.05) is 48.2 Å². The van der Waals surface area contributed by atoms with Gasteiger partial charge in [-0.3, -0.25) is 14.4 Å². The Hall–Kier alpha value is -4.24. The molecule has 0 saturated carbocycles. The fourth-order valence-corrected chi connectivity index (χ4v) is 4.26. The second kappa shape index (κ2) is 8.95. The van der Waals surface area contributed by atoms with Crippen LogP contribution in [0.4, 0.5) is 5.69 Å². The Labute approximate surface area is 198 Å². The van der Waals surface area contributed by atoms with E-state index < -0.39 is 0 Å². The Balaban J connectivity index is 1.26. The van der Waals surface area contributed by atoms with Gasteiger partial charge in [-0.25, -0.2) is 0 Å². The molecule has 1 aliphatic rings. The molecule has 8 nitrogen and oxygen atoms in total. The molecule has 0 saturated heterocycles. The minimum Gasteiger partial charge on any atom is -0.496 e. The molecule has 5 rings (SSSR count). The van der Waals surface area contributed by atoms with E-state index in [1.54, 1.807) is 55.6 Å². The number of carbonyl (C=O) groups excluding carboxylic acids is 3. The largest absolute Gasteiger partial charge is 0.496 e. The van der Waals surface area contributed by atoms with Crippen LogP contribution in [-0.4, -0.2) is 40.5 Å². The number of ketones is 2. The summed E-state index contributed by atoms with van der Waals surface area (Å²) in [5.74, 6) is 0.130. The Morgan fingerprint density at radius 2 is 1.53 bits per heavy atom. The molecule has 0 unspecified atom stereocenters. The number of fused-ring (bicyclic) bond motifs is 2. The highest BCUT2D eigenvalue weighted by atomic mass is 32.2. The van der Waals surface area contributed by atoms with Crippen molar-refractivity contribution < 1.29 is 23.5 Å². The first-order valence-electron chi connectivity index (χ1n) is 10.3. The molecule has 34 heavy (non-hydrogen) atoms. The zero-order chi connectivity index (χ0) is 23.7. The van der Waals surface area contributed by atoms with E-state index in [9.17, 15) is 14.4 Å². The minimum atomic E-state index is -0.322. The van der Waals surface area contributed by atoms with E-state index in [4.69, 9.17) is 9.15 Å². The Bertz CT molecular complexity index is 1450. The van der Waals surface area contributed by atoms with Gasteiger partial charge in [0.2, 0.25) is 5.91 Å². The highest BCUT2D eigenvalue weighted by Crippen LogP contribution is 2.31. The van der Waals surface area contributed by atoms with E-state index in [-0.39, 0.29) is 34.0 Å². The number of hydrogen-bond donors (Lipinski definition) is 1. The summed E-state index contributed by atoms with van der Waals surface area (Å²) in [5, 5.41) is 11.0. The summed E-state index contributed by atoms with van der Waals surface area (Å²) < 4.78 is 10.9. The van der Waals surface area contributed by atoms with Crippen molar-refractivity contribution in [2.75, 3.05) is 18.2 Å². The molecule has 0 radical (unpaired) electrons. The zero-order valence-corrected chi connectivity index (χ0v) is 18.7. The number of aromatic nitrogens is 2. The van der Waals surface area contributed by atoms with E-state index in [0.29, 0.717) is 39.6 Å². The van der Waals surface area contributed by atoms with Crippen molar-refractivity contribution in [2.24, 2.45) is 0 Å². The van der Waals surface area contributed by atoms with Crippen LogP contribution in [0.5, 0.6) is 5.75 Å². The highest BCUT2D eigenvalue weighted by Gasteiger charge is 2.29. The smallest absolute Gasteiger partial charge is 0.277 e. The van der Waals surface area contributed by atoms with Crippen molar-refractivity contribution >= 4 is 34.9 Å². The maximum absolute atomic E-state index is 12.9. The third-order valence-electron chi connectivity index (χ3n) is 5.28. The topological polar surface area (TPSA) is 111 Å². The standard InChI is InChI=1S/C25H17N3O5S/c1-32-20-9-5-4-8-18(20)24-27-28-25(33-24)34-13-21(29)26-14-10-11-17-19(12-14)23(31)16-7-3-2-6-15(16)22(17)30/h2-12H,13H2,1H3,(H,26,29). The number of carbonyl (C=O) groups is 3. The Morgan fingerprint density at radius 1 is 0.882 bits per heavy atom. The van der Waals surface area contributed by atoms with Crippen LogP contribution in [-0.2, 0) is 4.79 Å². The van der Waals surface area contributed by atoms with Crippen molar-refractivity contribution in [3.63, 3.8) is 0 Å². The molecular weight excluding hydrogens is 454 g/mol. The molecule has 0 fully saturated rings. The maximum Gasteiger partial charge on any atom is 0.277 e. The van der Waals surface area contributed by atoms with Gasteiger partial charge in [-0.05, 0) is 30.3 Å². The number of methoxy groups -OCH3 is 1. The van der Waals surface area contributed by atoms with E-state index >= 15 is 0 Å². The van der Waals surface area contributed by atoms with Gasteiger partial charge in [0, 0.05) is 27.9 Å². The molecule has 9 heteroatoms. The van der Waals surface area contributed by atoms with E-state index in [2.05, 4.69) is 15.5 Å². The first-order valence-corrected chi connectivity index (χ1v) is 11.3. The first-order chi connectivity index (χ1) is 16.5.